The molecule has 1 aromatic heterocycles. The van der Waals surface area contributed by atoms with Crippen LogP contribution < -0.4 is 0 Å². The largest absolute Gasteiger partial charge is 0.471 e. The molecule has 0 saturated carbocycles. The fraction of sp³-hybridized carbons (Fsp3) is 0.529. The molecule has 0 fully saturated rings. The van der Waals surface area contributed by atoms with Gasteiger partial charge in [-0.3, -0.25) is 4.57 Å². The highest BCUT2D eigenvalue weighted by Crippen LogP contribution is 2.62. The van der Waals surface area contributed by atoms with Crippen LogP contribution in [0.15, 0.2) is 29.1 Å². The highest BCUT2D eigenvalue weighted by Gasteiger charge is 2.38. The summed E-state index contributed by atoms with van der Waals surface area (Å²) in [7, 11) is -3.74. The van der Waals surface area contributed by atoms with Crippen LogP contribution in [-0.2, 0) is 27.9 Å². The first kappa shape index (κ1) is 22.2. The molecule has 0 spiro atoms. The number of hydrogen-bond donors (Lipinski definition) is 0. The Morgan fingerprint density at radius 2 is 1.65 bits per heavy atom. The van der Waals surface area contributed by atoms with Crippen molar-refractivity contribution in [1.82, 2.24) is 0 Å². The third-order valence-electron chi connectivity index (χ3n) is 3.17. The first-order valence-corrected chi connectivity index (χ1v) is 10.0. The van der Waals surface area contributed by atoms with Crippen molar-refractivity contribution in [2.24, 2.45) is 0 Å². The molecule has 0 amide bonds. The number of esters is 2. The standard InChI is InChI=1S/C17H25O8P/c1-5-22-16(18)10-9-15(26(20,24-7-3)25-8-4)13-11-21-12-14(13)17(19)23-6-2/h9-12,15H,5-8H2,1-4H3/b10-9+. The topological polar surface area (TPSA) is 101 Å². The fourth-order valence-electron chi connectivity index (χ4n) is 2.21. The molecule has 0 aliphatic carbocycles. The lowest BCUT2D eigenvalue weighted by Gasteiger charge is -2.24. The Morgan fingerprint density at radius 3 is 2.19 bits per heavy atom. The van der Waals surface area contributed by atoms with Gasteiger partial charge in [0, 0.05) is 11.6 Å². The van der Waals surface area contributed by atoms with Gasteiger partial charge >= 0.3 is 19.5 Å². The van der Waals surface area contributed by atoms with E-state index < -0.39 is 25.2 Å². The summed E-state index contributed by atoms with van der Waals surface area (Å²) in [5.41, 5.74) is -0.704. The van der Waals surface area contributed by atoms with Crippen molar-refractivity contribution >= 4 is 19.5 Å². The van der Waals surface area contributed by atoms with Crippen molar-refractivity contribution in [3.63, 3.8) is 0 Å². The zero-order valence-corrected chi connectivity index (χ0v) is 16.3. The van der Waals surface area contributed by atoms with Crippen LogP contribution >= 0.6 is 7.60 Å². The minimum Gasteiger partial charge on any atom is -0.471 e. The monoisotopic (exact) mass is 388 g/mol. The molecule has 146 valence electrons. The lowest BCUT2D eigenvalue weighted by atomic mass is 10.1. The number of ether oxygens (including phenoxy) is 2. The molecule has 1 unspecified atom stereocenters. The van der Waals surface area contributed by atoms with E-state index in [1.807, 2.05) is 0 Å². The van der Waals surface area contributed by atoms with Crippen molar-refractivity contribution < 1.29 is 37.1 Å². The van der Waals surface area contributed by atoms with Crippen LogP contribution in [0.5, 0.6) is 0 Å². The van der Waals surface area contributed by atoms with Crippen molar-refractivity contribution in [2.75, 3.05) is 26.4 Å². The normalized spacial score (nSPS) is 12.9. The van der Waals surface area contributed by atoms with Crippen LogP contribution in [0.3, 0.4) is 0 Å². The van der Waals surface area contributed by atoms with E-state index in [9.17, 15) is 14.2 Å². The predicted octanol–water partition coefficient (Wildman–Crippen LogP) is 3.88. The molecule has 0 bridgehead atoms. The van der Waals surface area contributed by atoms with Crippen LogP contribution in [0, 0.1) is 0 Å². The molecule has 26 heavy (non-hydrogen) atoms. The van der Waals surface area contributed by atoms with Crippen molar-refractivity contribution in [1.29, 1.82) is 0 Å². The van der Waals surface area contributed by atoms with E-state index in [0.29, 0.717) is 0 Å². The summed E-state index contributed by atoms with van der Waals surface area (Å²) < 4.78 is 39.0. The Balaban J connectivity index is 3.37. The van der Waals surface area contributed by atoms with Gasteiger partial charge < -0.3 is 22.9 Å². The number of hydrogen-bond acceptors (Lipinski definition) is 8. The molecular weight excluding hydrogens is 363 g/mol. The fourth-order valence-corrected chi connectivity index (χ4v) is 4.16. The van der Waals surface area contributed by atoms with Crippen LogP contribution in [0.2, 0.25) is 0 Å². The summed E-state index contributed by atoms with van der Waals surface area (Å²) in [5, 5.41) is 0. The molecule has 0 N–H and O–H groups in total. The van der Waals surface area contributed by atoms with Crippen molar-refractivity contribution in [3.05, 3.63) is 35.8 Å². The third-order valence-corrected chi connectivity index (χ3v) is 5.53. The molecule has 0 radical (unpaired) electrons. The van der Waals surface area contributed by atoms with Crippen molar-refractivity contribution in [3.8, 4) is 0 Å². The molecule has 1 aromatic rings. The van der Waals surface area contributed by atoms with Crippen LogP contribution in [0.25, 0.3) is 0 Å². The van der Waals surface area contributed by atoms with E-state index in [-0.39, 0.29) is 37.6 Å². The zero-order valence-electron chi connectivity index (χ0n) is 15.4. The highest BCUT2D eigenvalue weighted by atomic mass is 31.2. The first-order chi connectivity index (χ1) is 12.4. The van der Waals surface area contributed by atoms with Gasteiger partial charge in [-0.05, 0) is 27.7 Å². The number of furan rings is 1. The Hall–Kier alpha value is -1.89. The van der Waals surface area contributed by atoms with E-state index in [4.69, 9.17) is 22.9 Å². The minimum atomic E-state index is -3.74. The number of rotatable bonds is 11. The maximum Gasteiger partial charge on any atom is 0.341 e. The molecule has 1 heterocycles. The zero-order chi connectivity index (χ0) is 19.6. The van der Waals surface area contributed by atoms with E-state index in [0.717, 1.165) is 6.08 Å². The Labute approximate surface area is 153 Å². The van der Waals surface area contributed by atoms with Gasteiger partial charge in [-0.2, -0.15) is 0 Å². The van der Waals surface area contributed by atoms with E-state index in [1.165, 1.54) is 18.6 Å². The van der Waals surface area contributed by atoms with Gasteiger partial charge in [0.25, 0.3) is 0 Å². The molecule has 8 nitrogen and oxygen atoms in total. The summed E-state index contributed by atoms with van der Waals surface area (Å²) in [4.78, 5) is 23.8. The third kappa shape index (κ3) is 5.83. The van der Waals surface area contributed by atoms with Gasteiger partial charge in [-0.1, -0.05) is 6.08 Å². The van der Waals surface area contributed by atoms with Gasteiger partial charge in [0.1, 0.15) is 17.5 Å². The Kier molecular flexibility index (Phi) is 9.34. The number of carbonyl (C=O) groups excluding carboxylic acids is 2. The van der Waals surface area contributed by atoms with E-state index in [2.05, 4.69) is 0 Å². The summed E-state index contributed by atoms with van der Waals surface area (Å²) in [5.74, 6) is -1.25. The second kappa shape index (κ2) is 11.0. The Morgan fingerprint density at radius 1 is 1.04 bits per heavy atom. The average Bonchev–Trinajstić information content (AvgIpc) is 3.05. The molecule has 1 rings (SSSR count). The summed E-state index contributed by atoms with van der Waals surface area (Å²) in [6, 6.07) is 0. The minimum absolute atomic E-state index is 0.0880. The van der Waals surface area contributed by atoms with Crippen LogP contribution in [0.1, 0.15) is 49.3 Å². The van der Waals surface area contributed by atoms with E-state index >= 15 is 0 Å². The molecular formula is C17H25O8P. The summed E-state index contributed by atoms with van der Waals surface area (Å²) in [6.07, 6.45) is 4.91. The smallest absolute Gasteiger partial charge is 0.341 e. The number of carbonyl (C=O) groups is 2. The highest BCUT2D eigenvalue weighted by molar-refractivity contribution is 7.54. The summed E-state index contributed by atoms with van der Waals surface area (Å²) >= 11 is 0. The molecule has 0 aliphatic rings. The molecule has 0 aliphatic heterocycles. The molecule has 0 saturated heterocycles. The molecule has 9 heteroatoms. The number of allylic oxidation sites excluding steroid dienone is 1. The van der Waals surface area contributed by atoms with Crippen LogP contribution in [-0.4, -0.2) is 38.4 Å². The van der Waals surface area contributed by atoms with Gasteiger partial charge in [-0.15, -0.1) is 0 Å². The van der Waals surface area contributed by atoms with Crippen LogP contribution in [0.4, 0.5) is 0 Å². The van der Waals surface area contributed by atoms with Crippen molar-refractivity contribution in [2.45, 2.75) is 33.4 Å². The second-order valence-electron chi connectivity index (χ2n) is 4.89. The maximum absolute atomic E-state index is 13.3. The molecule has 1 atom stereocenters. The van der Waals surface area contributed by atoms with E-state index in [1.54, 1.807) is 27.7 Å². The Bertz CT molecular complexity index is 653. The van der Waals surface area contributed by atoms with Gasteiger partial charge in [0.2, 0.25) is 0 Å². The van der Waals surface area contributed by atoms with Gasteiger partial charge in [0.15, 0.2) is 0 Å². The average molecular weight is 388 g/mol. The van der Waals surface area contributed by atoms with Gasteiger partial charge in [-0.25, -0.2) is 9.59 Å². The summed E-state index contributed by atoms with van der Waals surface area (Å²) in [6.45, 7) is 7.27. The quantitative estimate of drug-likeness (QED) is 0.320. The van der Waals surface area contributed by atoms with Gasteiger partial charge in [0.05, 0.1) is 32.7 Å². The predicted molar refractivity (Wildman–Crippen MR) is 94.0 cm³/mol. The molecule has 0 aromatic carbocycles. The lowest BCUT2D eigenvalue weighted by molar-refractivity contribution is -0.137. The first-order valence-electron chi connectivity index (χ1n) is 8.40. The lowest BCUT2D eigenvalue weighted by Crippen LogP contribution is -2.11. The maximum atomic E-state index is 13.3. The SMILES string of the molecule is CCOC(=O)/C=C/C(c1cocc1C(=O)OCC)P(=O)(OCC)OCC. The second-order valence-corrected chi connectivity index (χ2v) is 7.05.